The molecule has 0 atom stereocenters. The lowest BCUT2D eigenvalue weighted by Crippen LogP contribution is -2.24. The zero-order valence-corrected chi connectivity index (χ0v) is 11.3. The Morgan fingerprint density at radius 2 is 2.11 bits per heavy atom. The molecule has 0 fully saturated rings. The molecule has 0 radical (unpaired) electrons. The number of nitriles is 1. The molecule has 0 aliphatic heterocycles. The van der Waals surface area contributed by atoms with E-state index in [1.807, 2.05) is 0 Å². The average Bonchev–Trinajstić information content (AvgIpc) is 2.43. The van der Waals surface area contributed by atoms with Crippen LogP contribution in [-0.4, -0.2) is 36.1 Å². The number of rotatable bonds is 8. The largest absolute Gasteiger partial charge is 0.369 e. The Kier molecular flexibility index (Phi) is 6.82. The Labute approximate surface area is 110 Å². The topological polar surface area (TPSA) is 52.0 Å². The second kappa shape index (κ2) is 8.48. The number of nitrogens with zero attached hydrogens (tertiary/aromatic N) is 3. The van der Waals surface area contributed by atoms with E-state index in [1.165, 1.54) is 6.42 Å². The fourth-order valence-corrected chi connectivity index (χ4v) is 1.84. The van der Waals surface area contributed by atoms with Gasteiger partial charge in [0.05, 0.1) is 5.56 Å². The SMILES string of the molecule is CCN(CC)CCCCNc1ncccc1C#N. The minimum Gasteiger partial charge on any atom is -0.369 e. The van der Waals surface area contributed by atoms with Crippen LogP contribution in [0.15, 0.2) is 18.3 Å². The van der Waals surface area contributed by atoms with Crippen molar-refractivity contribution in [3.63, 3.8) is 0 Å². The summed E-state index contributed by atoms with van der Waals surface area (Å²) in [5.74, 6) is 0.697. The summed E-state index contributed by atoms with van der Waals surface area (Å²) >= 11 is 0. The van der Waals surface area contributed by atoms with E-state index in [2.05, 4.69) is 35.1 Å². The van der Waals surface area contributed by atoms with Gasteiger partial charge in [0.25, 0.3) is 0 Å². The molecule has 1 N–H and O–H groups in total. The van der Waals surface area contributed by atoms with Crippen LogP contribution in [0.25, 0.3) is 0 Å². The van der Waals surface area contributed by atoms with Gasteiger partial charge in [-0.1, -0.05) is 13.8 Å². The first-order valence-electron chi connectivity index (χ1n) is 6.63. The van der Waals surface area contributed by atoms with E-state index in [0.717, 1.165) is 32.6 Å². The van der Waals surface area contributed by atoms with Crippen molar-refractivity contribution in [2.75, 3.05) is 31.5 Å². The molecule has 0 amide bonds. The Morgan fingerprint density at radius 3 is 2.78 bits per heavy atom. The lowest BCUT2D eigenvalue weighted by Gasteiger charge is -2.17. The molecule has 0 bridgehead atoms. The van der Waals surface area contributed by atoms with Crippen molar-refractivity contribution in [3.8, 4) is 6.07 Å². The number of aromatic nitrogens is 1. The normalized spacial score (nSPS) is 10.3. The van der Waals surface area contributed by atoms with Crippen LogP contribution in [0.3, 0.4) is 0 Å². The number of hydrogen-bond acceptors (Lipinski definition) is 4. The first-order valence-corrected chi connectivity index (χ1v) is 6.63. The fourth-order valence-electron chi connectivity index (χ4n) is 1.84. The smallest absolute Gasteiger partial charge is 0.143 e. The molecule has 1 aromatic heterocycles. The van der Waals surface area contributed by atoms with E-state index >= 15 is 0 Å². The summed E-state index contributed by atoms with van der Waals surface area (Å²) in [4.78, 5) is 6.59. The Hall–Kier alpha value is -1.60. The van der Waals surface area contributed by atoms with E-state index in [4.69, 9.17) is 5.26 Å². The molecule has 0 aromatic carbocycles. The van der Waals surface area contributed by atoms with Gasteiger partial charge in [0.2, 0.25) is 0 Å². The fraction of sp³-hybridized carbons (Fsp3) is 0.571. The highest BCUT2D eigenvalue weighted by atomic mass is 15.1. The van der Waals surface area contributed by atoms with Crippen molar-refractivity contribution in [1.82, 2.24) is 9.88 Å². The van der Waals surface area contributed by atoms with Gasteiger partial charge in [-0.05, 0) is 44.6 Å². The molecule has 0 unspecified atom stereocenters. The van der Waals surface area contributed by atoms with Crippen LogP contribution in [0.4, 0.5) is 5.82 Å². The van der Waals surface area contributed by atoms with Gasteiger partial charge in [-0.3, -0.25) is 0 Å². The minimum absolute atomic E-state index is 0.612. The molecular formula is C14H22N4. The van der Waals surface area contributed by atoms with Gasteiger partial charge >= 0.3 is 0 Å². The number of unbranched alkanes of at least 4 members (excludes halogenated alkanes) is 1. The van der Waals surface area contributed by atoms with E-state index < -0.39 is 0 Å². The maximum Gasteiger partial charge on any atom is 0.143 e. The van der Waals surface area contributed by atoms with Crippen molar-refractivity contribution in [3.05, 3.63) is 23.9 Å². The lowest BCUT2D eigenvalue weighted by atomic mass is 10.2. The summed E-state index contributed by atoms with van der Waals surface area (Å²) in [5, 5.41) is 12.1. The molecule has 18 heavy (non-hydrogen) atoms. The molecular weight excluding hydrogens is 224 g/mol. The highest BCUT2D eigenvalue weighted by Gasteiger charge is 2.01. The van der Waals surface area contributed by atoms with E-state index in [9.17, 15) is 0 Å². The van der Waals surface area contributed by atoms with Crippen molar-refractivity contribution >= 4 is 5.82 Å². The number of nitrogens with one attached hydrogen (secondary N) is 1. The van der Waals surface area contributed by atoms with Crippen molar-refractivity contribution in [2.45, 2.75) is 26.7 Å². The molecule has 0 saturated carbocycles. The summed E-state index contributed by atoms with van der Waals surface area (Å²) in [6.45, 7) is 8.62. The second-order valence-corrected chi connectivity index (χ2v) is 4.17. The zero-order chi connectivity index (χ0) is 13.2. The molecule has 0 spiro atoms. The molecule has 1 heterocycles. The van der Waals surface area contributed by atoms with Gasteiger partial charge in [-0.25, -0.2) is 4.98 Å². The van der Waals surface area contributed by atoms with Crippen LogP contribution in [0.5, 0.6) is 0 Å². The van der Waals surface area contributed by atoms with Crippen LogP contribution in [0.2, 0.25) is 0 Å². The lowest BCUT2D eigenvalue weighted by molar-refractivity contribution is 0.298. The third-order valence-electron chi connectivity index (χ3n) is 3.02. The number of pyridine rings is 1. The van der Waals surface area contributed by atoms with Crippen molar-refractivity contribution in [1.29, 1.82) is 5.26 Å². The molecule has 0 aliphatic carbocycles. The Balaban J connectivity index is 2.24. The second-order valence-electron chi connectivity index (χ2n) is 4.17. The van der Waals surface area contributed by atoms with Crippen molar-refractivity contribution in [2.24, 2.45) is 0 Å². The average molecular weight is 246 g/mol. The molecule has 1 aromatic rings. The van der Waals surface area contributed by atoms with Gasteiger partial charge in [0.1, 0.15) is 11.9 Å². The van der Waals surface area contributed by atoms with Gasteiger partial charge in [0, 0.05) is 12.7 Å². The maximum atomic E-state index is 8.92. The maximum absolute atomic E-state index is 8.92. The third kappa shape index (κ3) is 4.72. The van der Waals surface area contributed by atoms with Gasteiger partial charge in [-0.2, -0.15) is 5.26 Å². The van der Waals surface area contributed by atoms with Gasteiger partial charge < -0.3 is 10.2 Å². The Morgan fingerprint density at radius 1 is 1.33 bits per heavy atom. The minimum atomic E-state index is 0.612. The highest BCUT2D eigenvalue weighted by Crippen LogP contribution is 2.09. The summed E-state index contributed by atoms with van der Waals surface area (Å²) in [6, 6.07) is 5.70. The summed E-state index contributed by atoms with van der Waals surface area (Å²) in [5.41, 5.74) is 0.612. The van der Waals surface area contributed by atoms with Crippen LogP contribution < -0.4 is 5.32 Å². The predicted molar refractivity (Wildman–Crippen MR) is 74.5 cm³/mol. The molecule has 1 rings (SSSR count). The Bertz CT molecular complexity index is 380. The van der Waals surface area contributed by atoms with Crippen LogP contribution >= 0.6 is 0 Å². The predicted octanol–water partition coefficient (Wildman–Crippen LogP) is 2.49. The third-order valence-corrected chi connectivity index (χ3v) is 3.02. The van der Waals surface area contributed by atoms with E-state index in [0.29, 0.717) is 11.4 Å². The van der Waals surface area contributed by atoms with Gasteiger partial charge in [0.15, 0.2) is 0 Å². The van der Waals surface area contributed by atoms with Crippen LogP contribution in [0, 0.1) is 11.3 Å². The first-order chi connectivity index (χ1) is 8.81. The van der Waals surface area contributed by atoms with Crippen molar-refractivity contribution < 1.29 is 0 Å². The standard InChI is InChI=1S/C14H22N4/c1-3-18(4-2)11-6-5-9-16-14-13(12-15)8-7-10-17-14/h7-8,10H,3-6,9,11H2,1-2H3,(H,16,17). The molecule has 98 valence electrons. The quantitative estimate of drug-likeness (QED) is 0.716. The first kappa shape index (κ1) is 14.5. The molecule has 0 saturated heterocycles. The number of anilines is 1. The zero-order valence-electron chi connectivity index (χ0n) is 11.3. The van der Waals surface area contributed by atoms with E-state index in [-0.39, 0.29) is 0 Å². The molecule has 4 nitrogen and oxygen atoms in total. The summed E-state index contributed by atoms with van der Waals surface area (Å²) in [6.07, 6.45) is 3.97. The summed E-state index contributed by atoms with van der Waals surface area (Å²) in [7, 11) is 0. The monoisotopic (exact) mass is 246 g/mol. The molecule has 4 heteroatoms. The summed E-state index contributed by atoms with van der Waals surface area (Å²) < 4.78 is 0. The van der Waals surface area contributed by atoms with Gasteiger partial charge in [-0.15, -0.1) is 0 Å². The molecule has 0 aliphatic rings. The number of hydrogen-bond donors (Lipinski definition) is 1. The van der Waals surface area contributed by atoms with E-state index in [1.54, 1.807) is 18.3 Å². The highest BCUT2D eigenvalue weighted by molar-refractivity contribution is 5.50. The van der Waals surface area contributed by atoms with Crippen LogP contribution in [-0.2, 0) is 0 Å². The van der Waals surface area contributed by atoms with Crippen LogP contribution in [0.1, 0.15) is 32.3 Å².